The van der Waals surface area contributed by atoms with Crippen molar-refractivity contribution in [3.05, 3.63) is 86.7 Å². The molecule has 63 heavy (non-hydrogen) atoms. The van der Waals surface area contributed by atoms with Crippen LogP contribution in [0.4, 0.5) is 11.4 Å². The summed E-state index contributed by atoms with van der Waals surface area (Å²) in [6.45, 7) is 2.23. The molecule has 9 rings (SSSR count). The summed E-state index contributed by atoms with van der Waals surface area (Å²) in [5, 5.41) is 0. The SMILES string of the molecule is Cc1cc(C=Nc2c(C3CCCCC3)cc(C3CCCCC3)cc2C2CCCCC2)nc(C=Nc2c(C3CCCCC3)cc(C3CCCCC3)cc2C2CCCCC2)c1.[Cl-].[Cl-].[Cl-].[Nd+3]. The zero-order chi connectivity index (χ0) is 39.8. The summed E-state index contributed by atoms with van der Waals surface area (Å²) in [6, 6.07) is 15.2. The molecule has 0 spiro atoms. The Morgan fingerprint density at radius 1 is 0.365 bits per heavy atom. The van der Waals surface area contributed by atoms with E-state index in [9.17, 15) is 0 Å². The summed E-state index contributed by atoms with van der Waals surface area (Å²) in [4.78, 5) is 16.5. The molecule has 6 saturated carbocycles. The van der Waals surface area contributed by atoms with E-state index >= 15 is 0 Å². The molecular weight excluding hydrogens is 965 g/mol. The maximum absolute atomic E-state index is 5.59. The standard InChI is InChI=1S/C56H77N3.3ClH.Nd/c1-40-32-49(38-57-55-51(43-24-12-4-13-25-43)34-47(41-20-8-2-9-21-41)35-52(55)44-26-14-5-15-27-44)59-50(33-40)39-58-56-53(45-28-16-6-17-29-45)36-48(42-22-10-3-11-23-42)37-54(56)46-30-18-7-19-31-46;;;;/h32-39,41-46H,2-31H2,1H3;3*1H;/q;;;;+3/p-3. The van der Waals surface area contributed by atoms with Gasteiger partial charge in [0.2, 0.25) is 0 Å². The van der Waals surface area contributed by atoms with E-state index in [1.807, 2.05) is 0 Å². The van der Waals surface area contributed by atoms with Crippen molar-refractivity contribution < 1.29 is 78.1 Å². The molecule has 0 unspecified atom stereocenters. The van der Waals surface area contributed by atoms with Crippen molar-refractivity contribution >= 4 is 23.8 Å². The minimum Gasteiger partial charge on any atom is -1.00 e. The maximum Gasteiger partial charge on any atom is 3.00 e. The van der Waals surface area contributed by atoms with Crippen molar-refractivity contribution in [1.82, 2.24) is 4.98 Å². The average molecular weight is 1040 g/mol. The molecule has 6 aliphatic carbocycles. The molecular formula is C56H77Cl3N3Nd. The molecule has 1 heterocycles. The first-order valence-electron chi connectivity index (χ1n) is 25.6. The second-order valence-electron chi connectivity index (χ2n) is 20.6. The molecule has 2 aromatic carbocycles. The van der Waals surface area contributed by atoms with Crippen LogP contribution in [0.2, 0.25) is 0 Å². The number of aromatic nitrogens is 1. The summed E-state index contributed by atoms with van der Waals surface area (Å²) in [6.07, 6.45) is 45.1. The minimum absolute atomic E-state index is 0. The first kappa shape index (κ1) is 53.1. The molecule has 6 fully saturated rings. The van der Waals surface area contributed by atoms with E-state index in [0.29, 0.717) is 23.7 Å². The van der Waals surface area contributed by atoms with Gasteiger partial charge in [0, 0.05) is 0 Å². The Hall–Kier alpha value is -0.849. The van der Waals surface area contributed by atoms with Crippen molar-refractivity contribution in [2.24, 2.45) is 9.98 Å². The molecule has 0 amide bonds. The summed E-state index contributed by atoms with van der Waals surface area (Å²) in [5.41, 5.74) is 15.4. The van der Waals surface area contributed by atoms with Gasteiger partial charge >= 0.3 is 40.8 Å². The third kappa shape index (κ3) is 13.7. The Kier molecular flexibility index (Phi) is 22.4. The van der Waals surface area contributed by atoms with Gasteiger partial charge in [0.15, 0.2) is 0 Å². The van der Waals surface area contributed by atoms with Gasteiger partial charge in [-0.2, -0.15) is 0 Å². The normalized spacial score (nSPS) is 21.7. The predicted octanol–water partition coefficient (Wildman–Crippen LogP) is 8.19. The van der Waals surface area contributed by atoms with Gasteiger partial charge in [0.1, 0.15) is 0 Å². The van der Waals surface area contributed by atoms with Crippen LogP contribution in [-0.4, -0.2) is 17.4 Å². The van der Waals surface area contributed by atoms with E-state index in [2.05, 4.69) is 55.8 Å². The van der Waals surface area contributed by atoms with Crippen LogP contribution >= 0.6 is 0 Å². The van der Waals surface area contributed by atoms with Gasteiger partial charge in [-0.15, -0.1) is 0 Å². The van der Waals surface area contributed by atoms with Gasteiger partial charge in [-0.1, -0.05) is 140 Å². The molecule has 0 aliphatic heterocycles. The average Bonchev–Trinajstić information content (AvgIpc) is 3.31. The minimum atomic E-state index is 0. The van der Waals surface area contributed by atoms with Crippen molar-refractivity contribution in [3.63, 3.8) is 0 Å². The summed E-state index contributed by atoms with van der Waals surface area (Å²) in [7, 11) is 0. The fourth-order valence-electron chi connectivity index (χ4n) is 13.1. The van der Waals surface area contributed by atoms with Crippen LogP contribution in [0.1, 0.15) is 278 Å². The number of hydrogen-bond acceptors (Lipinski definition) is 3. The number of rotatable bonds is 10. The number of benzene rings is 2. The first-order valence-corrected chi connectivity index (χ1v) is 25.6. The van der Waals surface area contributed by atoms with Crippen LogP contribution in [-0.2, 0) is 0 Å². The molecule has 0 N–H and O–H groups in total. The summed E-state index contributed by atoms with van der Waals surface area (Å²) in [5.74, 6) is 4.00. The van der Waals surface area contributed by atoms with E-state index in [4.69, 9.17) is 15.0 Å². The van der Waals surface area contributed by atoms with Crippen molar-refractivity contribution in [3.8, 4) is 0 Å². The number of halogens is 3. The van der Waals surface area contributed by atoms with Gasteiger partial charge in [-0.25, -0.2) is 4.98 Å². The summed E-state index contributed by atoms with van der Waals surface area (Å²) < 4.78 is 0. The molecule has 341 valence electrons. The Morgan fingerprint density at radius 2 is 0.603 bits per heavy atom. The van der Waals surface area contributed by atoms with E-state index in [1.54, 1.807) is 33.4 Å². The smallest absolute Gasteiger partial charge is 1.00 e. The van der Waals surface area contributed by atoms with E-state index in [-0.39, 0.29) is 78.1 Å². The second-order valence-corrected chi connectivity index (χ2v) is 20.6. The Morgan fingerprint density at radius 3 is 0.857 bits per heavy atom. The summed E-state index contributed by atoms with van der Waals surface area (Å²) >= 11 is 0. The number of hydrogen-bond donors (Lipinski definition) is 0. The number of aliphatic imine (C=N–C) groups is 2. The van der Waals surface area contributed by atoms with E-state index in [1.165, 1.54) is 210 Å². The zero-order valence-corrected chi connectivity index (χ0v) is 44.2. The third-order valence-electron chi connectivity index (χ3n) is 16.4. The van der Waals surface area contributed by atoms with Crippen molar-refractivity contribution in [1.29, 1.82) is 0 Å². The fourth-order valence-corrected chi connectivity index (χ4v) is 13.1. The molecule has 3 nitrogen and oxygen atoms in total. The number of aryl methyl sites for hydroxylation is 1. The largest absolute Gasteiger partial charge is 3.00 e. The maximum atomic E-state index is 5.59. The second kappa shape index (κ2) is 26.6. The topological polar surface area (TPSA) is 37.6 Å². The molecule has 0 saturated heterocycles. The van der Waals surface area contributed by atoms with Crippen molar-refractivity contribution in [2.75, 3.05) is 0 Å². The first-order chi connectivity index (χ1) is 29.2. The molecule has 3 aromatic rings. The number of nitrogens with zero attached hydrogens (tertiary/aromatic N) is 3. The zero-order valence-electron chi connectivity index (χ0n) is 38.8. The van der Waals surface area contributed by atoms with Crippen LogP contribution in [0.3, 0.4) is 0 Å². The van der Waals surface area contributed by atoms with Gasteiger partial charge in [-0.05, 0) is 171 Å². The monoisotopic (exact) mass is 1040 g/mol. The van der Waals surface area contributed by atoms with E-state index in [0.717, 1.165) is 23.2 Å². The van der Waals surface area contributed by atoms with Gasteiger partial charge in [0.05, 0.1) is 35.2 Å². The molecule has 0 bridgehead atoms. The fraction of sp³-hybridized carbons (Fsp3) is 0.661. The third-order valence-corrected chi connectivity index (χ3v) is 16.4. The van der Waals surface area contributed by atoms with Crippen LogP contribution < -0.4 is 37.2 Å². The molecule has 1 radical (unpaired) electrons. The predicted molar refractivity (Wildman–Crippen MR) is 251 cm³/mol. The molecule has 0 atom stereocenters. The van der Waals surface area contributed by atoms with E-state index < -0.39 is 0 Å². The number of pyridine rings is 1. The van der Waals surface area contributed by atoms with Crippen LogP contribution in [0.25, 0.3) is 0 Å². The van der Waals surface area contributed by atoms with Gasteiger partial charge in [0.25, 0.3) is 0 Å². The molecule has 7 heteroatoms. The Bertz CT molecular complexity index is 1690. The Labute approximate surface area is 434 Å². The van der Waals surface area contributed by atoms with Gasteiger partial charge in [-0.3, -0.25) is 9.98 Å². The quantitative estimate of drug-likeness (QED) is 0.189. The van der Waals surface area contributed by atoms with Crippen LogP contribution in [0.15, 0.2) is 46.4 Å². The van der Waals surface area contributed by atoms with Crippen LogP contribution in [0, 0.1) is 47.8 Å². The van der Waals surface area contributed by atoms with Gasteiger partial charge < -0.3 is 37.2 Å². The van der Waals surface area contributed by atoms with Crippen LogP contribution in [0.5, 0.6) is 0 Å². The molecule has 1 aromatic heterocycles. The molecule has 6 aliphatic rings. The van der Waals surface area contributed by atoms with Crippen molar-refractivity contribution in [2.45, 2.75) is 235 Å². The Balaban J connectivity index is 0.00000187.